The highest BCUT2D eigenvalue weighted by molar-refractivity contribution is 6.30. The van der Waals surface area contributed by atoms with Gasteiger partial charge in [-0.15, -0.1) is 0 Å². The van der Waals surface area contributed by atoms with Crippen molar-refractivity contribution >= 4 is 11.6 Å². The zero-order valence-corrected chi connectivity index (χ0v) is 11.5. The van der Waals surface area contributed by atoms with Gasteiger partial charge in [0, 0.05) is 23.2 Å². The first-order valence-corrected chi connectivity index (χ1v) is 6.79. The fourth-order valence-electron chi connectivity index (χ4n) is 2.40. The molecule has 1 aromatic rings. The van der Waals surface area contributed by atoms with E-state index < -0.39 is 0 Å². The summed E-state index contributed by atoms with van der Waals surface area (Å²) in [6, 6.07) is 5.46. The van der Waals surface area contributed by atoms with Gasteiger partial charge in [-0.05, 0) is 43.9 Å². The van der Waals surface area contributed by atoms with Crippen LogP contribution in [0.5, 0.6) is 5.75 Å². The average Bonchev–Trinajstić information content (AvgIpc) is 2.40. The van der Waals surface area contributed by atoms with Crippen LogP contribution in [0.25, 0.3) is 0 Å². The number of methoxy groups -OCH3 is 1. The lowest BCUT2D eigenvalue weighted by atomic mass is 9.97. The van der Waals surface area contributed by atoms with Gasteiger partial charge in [-0.2, -0.15) is 0 Å². The van der Waals surface area contributed by atoms with Crippen molar-refractivity contribution in [2.45, 2.75) is 37.8 Å². The first-order chi connectivity index (χ1) is 8.70. The highest BCUT2D eigenvalue weighted by atomic mass is 35.5. The molecule has 1 aliphatic rings. The number of hydrogen-bond donors (Lipinski definition) is 1. The Morgan fingerprint density at radius 2 is 2.33 bits per heavy atom. The Bertz CT molecular complexity index is 391. The number of halogens is 1. The van der Waals surface area contributed by atoms with Gasteiger partial charge < -0.3 is 15.2 Å². The van der Waals surface area contributed by atoms with Gasteiger partial charge in [0.25, 0.3) is 0 Å². The summed E-state index contributed by atoms with van der Waals surface area (Å²) in [5.74, 6) is 0.794. The Labute approximate surface area is 113 Å². The molecule has 0 amide bonds. The molecule has 0 aliphatic carbocycles. The fraction of sp³-hybridized carbons (Fsp3) is 0.571. The second-order valence-corrected chi connectivity index (χ2v) is 5.15. The largest absolute Gasteiger partial charge is 0.496 e. The number of nitrogens with two attached hydrogens (primary N) is 1. The van der Waals surface area contributed by atoms with Crippen LogP contribution in [0.3, 0.4) is 0 Å². The summed E-state index contributed by atoms with van der Waals surface area (Å²) in [5.41, 5.74) is 7.21. The third kappa shape index (κ3) is 3.37. The minimum atomic E-state index is -0.0956. The summed E-state index contributed by atoms with van der Waals surface area (Å²) >= 11 is 6.02. The van der Waals surface area contributed by atoms with E-state index in [9.17, 15) is 0 Å². The first kappa shape index (κ1) is 13.7. The fourth-order valence-corrected chi connectivity index (χ4v) is 2.58. The van der Waals surface area contributed by atoms with Gasteiger partial charge in [-0.25, -0.2) is 0 Å². The summed E-state index contributed by atoms with van der Waals surface area (Å²) < 4.78 is 11.1. The standard InChI is InChI=1S/C14H20ClNO2/c1-17-14-6-5-10(15)8-12(14)13(16)9-11-4-2-3-7-18-11/h5-6,8,11,13H,2-4,7,9,16H2,1H3. The number of benzene rings is 1. The summed E-state index contributed by atoms with van der Waals surface area (Å²) in [6.07, 6.45) is 4.56. The predicted molar refractivity (Wildman–Crippen MR) is 73.1 cm³/mol. The molecule has 0 bridgehead atoms. The Morgan fingerprint density at radius 1 is 1.50 bits per heavy atom. The molecule has 2 atom stereocenters. The van der Waals surface area contributed by atoms with Gasteiger partial charge in [0.05, 0.1) is 13.2 Å². The number of ether oxygens (including phenoxy) is 2. The van der Waals surface area contributed by atoms with Crippen LogP contribution in [0.2, 0.25) is 5.02 Å². The van der Waals surface area contributed by atoms with Crippen LogP contribution < -0.4 is 10.5 Å². The molecule has 0 spiro atoms. The van der Waals surface area contributed by atoms with Gasteiger partial charge in [0.15, 0.2) is 0 Å². The molecule has 1 fully saturated rings. The number of hydrogen-bond acceptors (Lipinski definition) is 3. The first-order valence-electron chi connectivity index (χ1n) is 6.41. The van der Waals surface area contributed by atoms with Crippen molar-refractivity contribution in [1.29, 1.82) is 0 Å². The molecule has 1 saturated heterocycles. The maximum Gasteiger partial charge on any atom is 0.123 e. The van der Waals surface area contributed by atoms with Crippen molar-refractivity contribution in [3.63, 3.8) is 0 Å². The van der Waals surface area contributed by atoms with E-state index in [1.54, 1.807) is 7.11 Å². The molecule has 2 rings (SSSR count). The van der Waals surface area contributed by atoms with Crippen molar-refractivity contribution < 1.29 is 9.47 Å². The molecule has 4 heteroatoms. The van der Waals surface area contributed by atoms with Gasteiger partial charge in [-0.3, -0.25) is 0 Å². The highest BCUT2D eigenvalue weighted by Crippen LogP contribution is 2.31. The molecule has 0 aromatic heterocycles. The SMILES string of the molecule is COc1ccc(Cl)cc1C(N)CC1CCCCO1. The molecular formula is C14H20ClNO2. The second kappa shape index (κ2) is 6.41. The van der Waals surface area contributed by atoms with E-state index in [-0.39, 0.29) is 12.1 Å². The second-order valence-electron chi connectivity index (χ2n) is 4.72. The molecule has 1 aromatic carbocycles. The van der Waals surface area contributed by atoms with Crippen LogP contribution in [0, 0.1) is 0 Å². The average molecular weight is 270 g/mol. The highest BCUT2D eigenvalue weighted by Gasteiger charge is 2.20. The molecule has 0 saturated carbocycles. The lowest BCUT2D eigenvalue weighted by Gasteiger charge is -2.26. The van der Waals surface area contributed by atoms with Crippen molar-refractivity contribution in [2.75, 3.05) is 13.7 Å². The number of rotatable bonds is 4. The van der Waals surface area contributed by atoms with Gasteiger partial charge >= 0.3 is 0 Å². The molecule has 2 unspecified atom stereocenters. The zero-order chi connectivity index (χ0) is 13.0. The van der Waals surface area contributed by atoms with E-state index >= 15 is 0 Å². The molecule has 18 heavy (non-hydrogen) atoms. The van der Waals surface area contributed by atoms with E-state index in [1.165, 1.54) is 6.42 Å². The normalized spacial score (nSPS) is 21.6. The van der Waals surface area contributed by atoms with Gasteiger partial charge in [0.1, 0.15) is 5.75 Å². The Morgan fingerprint density at radius 3 is 3.00 bits per heavy atom. The van der Waals surface area contributed by atoms with Crippen LogP contribution >= 0.6 is 11.6 Å². The molecule has 100 valence electrons. The third-order valence-corrected chi connectivity index (χ3v) is 3.62. The van der Waals surface area contributed by atoms with Crippen LogP contribution in [0.15, 0.2) is 18.2 Å². The van der Waals surface area contributed by atoms with Crippen molar-refractivity contribution in [3.8, 4) is 5.75 Å². The topological polar surface area (TPSA) is 44.5 Å². The van der Waals surface area contributed by atoms with Crippen molar-refractivity contribution in [1.82, 2.24) is 0 Å². The van der Waals surface area contributed by atoms with E-state index in [2.05, 4.69) is 0 Å². The van der Waals surface area contributed by atoms with Crippen LogP contribution in [-0.4, -0.2) is 19.8 Å². The molecule has 3 nitrogen and oxygen atoms in total. The Kier molecular flexibility index (Phi) is 4.87. The van der Waals surface area contributed by atoms with Gasteiger partial charge in [-0.1, -0.05) is 11.6 Å². The lowest BCUT2D eigenvalue weighted by molar-refractivity contribution is 0.00720. The molecular weight excluding hydrogens is 250 g/mol. The smallest absolute Gasteiger partial charge is 0.123 e. The van der Waals surface area contributed by atoms with E-state index in [0.29, 0.717) is 5.02 Å². The molecule has 1 heterocycles. The summed E-state index contributed by atoms with van der Waals surface area (Å²) in [5, 5.41) is 0.686. The van der Waals surface area contributed by atoms with E-state index in [1.807, 2.05) is 18.2 Å². The maximum atomic E-state index is 6.25. The monoisotopic (exact) mass is 269 g/mol. The van der Waals surface area contributed by atoms with E-state index in [0.717, 1.165) is 37.2 Å². The Balaban J connectivity index is 2.07. The summed E-state index contributed by atoms with van der Waals surface area (Å²) in [6.45, 7) is 0.851. The van der Waals surface area contributed by atoms with Crippen LogP contribution in [-0.2, 0) is 4.74 Å². The Hall–Kier alpha value is -0.770. The quantitative estimate of drug-likeness (QED) is 0.912. The zero-order valence-electron chi connectivity index (χ0n) is 10.7. The molecule has 0 radical (unpaired) electrons. The lowest BCUT2D eigenvalue weighted by Crippen LogP contribution is -2.25. The molecule has 2 N–H and O–H groups in total. The predicted octanol–water partition coefficient (Wildman–Crippen LogP) is 3.31. The third-order valence-electron chi connectivity index (χ3n) is 3.38. The van der Waals surface area contributed by atoms with Crippen molar-refractivity contribution in [3.05, 3.63) is 28.8 Å². The van der Waals surface area contributed by atoms with E-state index in [4.69, 9.17) is 26.8 Å². The van der Waals surface area contributed by atoms with Crippen molar-refractivity contribution in [2.24, 2.45) is 5.73 Å². The maximum absolute atomic E-state index is 6.25. The summed E-state index contributed by atoms with van der Waals surface area (Å²) in [7, 11) is 1.65. The minimum absolute atomic E-state index is 0.0956. The minimum Gasteiger partial charge on any atom is -0.496 e. The van der Waals surface area contributed by atoms with Crippen LogP contribution in [0.4, 0.5) is 0 Å². The van der Waals surface area contributed by atoms with Crippen LogP contribution in [0.1, 0.15) is 37.3 Å². The summed E-state index contributed by atoms with van der Waals surface area (Å²) in [4.78, 5) is 0. The van der Waals surface area contributed by atoms with Gasteiger partial charge in [0.2, 0.25) is 0 Å². The molecule has 1 aliphatic heterocycles.